The Morgan fingerprint density at radius 2 is 2.00 bits per heavy atom. The average molecular weight is 408 g/mol. The van der Waals surface area contributed by atoms with Crippen molar-refractivity contribution in [3.63, 3.8) is 0 Å². The molecular weight excluding hydrogens is 384 g/mol. The number of epoxide rings is 1. The Bertz CT molecular complexity index is 957. The summed E-state index contributed by atoms with van der Waals surface area (Å²) in [6.07, 6.45) is 0.664. The summed E-state index contributed by atoms with van der Waals surface area (Å²) in [5.41, 5.74) is 9.82. The molecule has 0 bridgehead atoms. The number of hydrogen-bond acceptors (Lipinski definition) is 7. The van der Waals surface area contributed by atoms with E-state index in [1.807, 2.05) is 59.6 Å². The molecule has 3 aliphatic rings. The first-order valence-electron chi connectivity index (χ1n) is 10.0. The van der Waals surface area contributed by atoms with E-state index in [0.717, 1.165) is 29.1 Å². The van der Waals surface area contributed by atoms with Gasteiger partial charge in [-0.3, -0.25) is 10.3 Å². The molecule has 1 spiro atoms. The van der Waals surface area contributed by atoms with Crippen LogP contribution in [-0.4, -0.2) is 36.5 Å². The predicted molar refractivity (Wildman–Crippen MR) is 110 cm³/mol. The largest absolute Gasteiger partial charge is 0.497 e. The fourth-order valence-electron chi connectivity index (χ4n) is 4.06. The molecule has 2 atom stereocenters. The average Bonchev–Trinajstić information content (AvgIpc) is 3.41. The lowest BCUT2D eigenvalue weighted by atomic mass is 9.88. The number of rotatable bonds is 5. The second-order valence-electron chi connectivity index (χ2n) is 7.64. The molecule has 0 saturated carbocycles. The van der Waals surface area contributed by atoms with E-state index < -0.39 is 6.09 Å². The standard InChI is InChI=1S/C22H24N4O4/c1-28-17-9-7-15(8-10-17)13-26-20-19(24-25-26)18(11-12-22(20)14-29-22)30-21(27)23-16-5-3-2-4-6-16/h2-10,18,24-25H,11-14H2,1H3,(H,23,27)/t18-,22-/m1/s1. The summed E-state index contributed by atoms with van der Waals surface area (Å²) in [5.74, 6) is 0.823. The molecule has 1 saturated heterocycles. The molecule has 3 N–H and O–H groups in total. The van der Waals surface area contributed by atoms with Crippen LogP contribution in [0.2, 0.25) is 0 Å². The van der Waals surface area contributed by atoms with Crippen molar-refractivity contribution in [3.8, 4) is 5.75 Å². The summed E-state index contributed by atoms with van der Waals surface area (Å²) in [4.78, 5) is 12.4. The summed E-state index contributed by atoms with van der Waals surface area (Å²) < 4.78 is 16.8. The molecule has 2 aromatic rings. The second-order valence-corrected chi connectivity index (χ2v) is 7.64. The van der Waals surface area contributed by atoms with E-state index in [1.165, 1.54) is 0 Å². The minimum absolute atomic E-state index is 0.298. The Morgan fingerprint density at radius 3 is 2.70 bits per heavy atom. The Labute approximate surface area is 174 Å². The number of methoxy groups -OCH3 is 1. The minimum atomic E-state index is -0.471. The maximum Gasteiger partial charge on any atom is 0.412 e. The number of nitrogens with zero attached hydrogens (tertiary/aromatic N) is 1. The number of nitrogens with one attached hydrogen (secondary N) is 3. The minimum Gasteiger partial charge on any atom is -0.497 e. The monoisotopic (exact) mass is 408 g/mol. The SMILES string of the molecule is COc1ccc(CN2NNC3=C2[C@@]2(CC[C@H]3OC(=O)Nc3ccccc3)CO2)cc1. The summed E-state index contributed by atoms with van der Waals surface area (Å²) >= 11 is 0. The molecule has 2 heterocycles. The van der Waals surface area contributed by atoms with Crippen molar-refractivity contribution in [2.75, 3.05) is 19.0 Å². The summed E-state index contributed by atoms with van der Waals surface area (Å²) in [7, 11) is 1.66. The molecule has 5 rings (SSSR count). The molecular formula is C22H24N4O4. The van der Waals surface area contributed by atoms with Crippen LogP contribution < -0.4 is 21.0 Å². The lowest BCUT2D eigenvalue weighted by Crippen LogP contribution is -2.40. The van der Waals surface area contributed by atoms with Crippen molar-refractivity contribution >= 4 is 11.8 Å². The van der Waals surface area contributed by atoms with Gasteiger partial charge in [0.2, 0.25) is 0 Å². The van der Waals surface area contributed by atoms with Crippen molar-refractivity contribution in [1.82, 2.24) is 16.0 Å². The highest BCUT2D eigenvalue weighted by molar-refractivity contribution is 5.84. The fourth-order valence-corrected chi connectivity index (χ4v) is 4.06. The molecule has 0 aromatic heterocycles. The third-order valence-corrected chi connectivity index (χ3v) is 5.68. The maximum absolute atomic E-state index is 12.4. The van der Waals surface area contributed by atoms with Crippen molar-refractivity contribution in [2.24, 2.45) is 0 Å². The van der Waals surface area contributed by atoms with Crippen LogP contribution in [0.5, 0.6) is 5.75 Å². The van der Waals surface area contributed by atoms with Crippen LogP contribution in [0.3, 0.4) is 0 Å². The number of ether oxygens (including phenoxy) is 3. The molecule has 30 heavy (non-hydrogen) atoms. The van der Waals surface area contributed by atoms with Gasteiger partial charge in [0, 0.05) is 5.69 Å². The van der Waals surface area contributed by atoms with E-state index in [4.69, 9.17) is 14.2 Å². The molecule has 2 aliphatic heterocycles. The van der Waals surface area contributed by atoms with Crippen LogP contribution >= 0.6 is 0 Å². The van der Waals surface area contributed by atoms with Crippen LogP contribution in [-0.2, 0) is 16.0 Å². The Hall–Kier alpha value is -3.23. The van der Waals surface area contributed by atoms with Crippen LogP contribution in [0.1, 0.15) is 18.4 Å². The number of benzene rings is 2. The van der Waals surface area contributed by atoms with Gasteiger partial charge >= 0.3 is 6.09 Å². The van der Waals surface area contributed by atoms with E-state index in [2.05, 4.69) is 16.3 Å². The molecule has 1 amide bonds. The predicted octanol–water partition coefficient (Wildman–Crippen LogP) is 2.91. The third-order valence-electron chi connectivity index (χ3n) is 5.68. The van der Waals surface area contributed by atoms with Crippen LogP contribution in [0.4, 0.5) is 10.5 Å². The molecule has 1 fully saturated rings. The van der Waals surface area contributed by atoms with Gasteiger partial charge in [0.25, 0.3) is 0 Å². The van der Waals surface area contributed by atoms with Gasteiger partial charge in [0.05, 0.1) is 31.7 Å². The summed E-state index contributed by atoms with van der Waals surface area (Å²) in [5, 5.41) is 4.82. The molecule has 8 heteroatoms. The van der Waals surface area contributed by atoms with Gasteiger partial charge in [-0.05, 0) is 42.7 Å². The number of anilines is 1. The van der Waals surface area contributed by atoms with E-state index >= 15 is 0 Å². The normalized spacial score (nSPS) is 24.3. The quantitative estimate of drug-likeness (QED) is 0.656. The highest BCUT2D eigenvalue weighted by atomic mass is 16.6. The van der Waals surface area contributed by atoms with Crippen LogP contribution in [0.25, 0.3) is 0 Å². The topological polar surface area (TPSA) is 87.4 Å². The Kier molecular flexibility index (Phi) is 4.72. The van der Waals surface area contributed by atoms with Crippen LogP contribution in [0, 0.1) is 0 Å². The number of hydrazine groups is 2. The van der Waals surface area contributed by atoms with Crippen LogP contribution in [0.15, 0.2) is 66.0 Å². The molecule has 8 nitrogen and oxygen atoms in total. The zero-order valence-electron chi connectivity index (χ0n) is 16.7. The fraction of sp³-hybridized carbons (Fsp3) is 0.318. The van der Waals surface area contributed by atoms with Crippen molar-refractivity contribution in [3.05, 3.63) is 71.6 Å². The summed E-state index contributed by atoms with van der Waals surface area (Å²) in [6.45, 7) is 1.32. The zero-order chi connectivity index (χ0) is 20.6. The number of fused-ring (bicyclic) bond motifs is 1. The molecule has 1 aliphatic carbocycles. The lowest BCUT2D eigenvalue weighted by Gasteiger charge is -2.30. The van der Waals surface area contributed by atoms with Gasteiger partial charge in [-0.15, -0.1) is 5.53 Å². The first kappa shape index (κ1) is 18.8. The molecule has 0 unspecified atom stereocenters. The van der Waals surface area contributed by atoms with Gasteiger partial charge in [0.1, 0.15) is 17.5 Å². The Morgan fingerprint density at radius 1 is 1.23 bits per heavy atom. The lowest BCUT2D eigenvalue weighted by molar-refractivity contribution is 0.105. The maximum atomic E-state index is 12.4. The highest BCUT2D eigenvalue weighted by Gasteiger charge is 2.57. The number of amides is 1. The number of para-hydroxylation sites is 1. The van der Waals surface area contributed by atoms with Gasteiger partial charge in [-0.1, -0.05) is 30.3 Å². The number of hydrogen-bond donors (Lipinski definition) is 3. The van der Waals surface area contributed by atoms with E-state index in [9.17, 15) is 4.79 Å². The van der Waals surface area contributed by atoms with E-state index in [0.29, 0.717) is 25.3 Å². The van der Waals surface area contributed by atoms with Gasteiger partial charge < -0.3 is 19.6 Å². The van der Waals surface area contributed by atoms with Crippen molar-refractivity contribution < 1.29 is 19.0 Å². The van der Waals surface area contributed by atoms with Gasteiger partial charge in [-0.25, -0.2) is 4.79 Å². The third kappa shape index (κ3) is 3.55. The Balaban J connectivity index is 1.32. The van der Waals surface area contributed by atoms with E-state index in [1.54, 1.807) is 7.11 Å². The number of carbonyl (C=O) groups excluding carboxylic acids is 1. The highest BCUT2D eigenvalue weighted by Crippen LogP contribution is 2.48. The smallest absolute Gasteiger partial charge is 0.412 e. The van der Waals surface area contributed by atoms with Gasteiger partial charge in [-0.2, -0.15) is 0 Å². The first-order chi connectivity index (χ1) is 14.7. The summed E-state index contributed by atoms with van der Waals surface area (Å²) in [6, 6.07) is 17.2. The number of carbonyl (C=O) groups is 1. The van der Waals surface area contributed by atoms with E-state index in [-0.39, 0.29) is 11.7 Å². The van der Waals surface area contributed by atoms with Gasteiger partial charge in [0.15, 0.2) is 0 Å². The zero-order valence-corrected chi connectivity index (χ0v) is 16.7. The molecule has 2 aromatic carbocycles. The second kappa shape index (κ2) is 7.55. The van der Waals surface area contributed by atoms with Crippen molar-refractivity contribution in [1.29, 1.82) is 0 Å². The first-order valence-corrected chi connectivity index (χ1v) is 10.0. The molecule has 156 valence electrons. The van der Waals surface area contributed by atoms with Crippen molar-refractivity contribution in [2.45, 2.75) is 31.1 Å². The molecule has 0 radical (unpaired) electrons.